The lowest BCUT2D eigenvalue weighted by Gasteiger charge is -2.25. The van der Waals surface area contributed by atoms with Crippen molar-refractivity contribution >= 4 is 6.08 Å². The largest absolute Gasteiger partial charge is 0.496 e. The zero-order valence-electron chi connectivity index (χ0n) is 12.1. The Morgan fingerprint density at radius 1 is 1.26 bits per heavy atom. The zero-order valence-corrected chi connectivity index (χ0v) is 12.1. The van der Waals surface area contributed by atoms with Crippen LogP contribution in [0, 0.1) is 0 Å². The van der Waals surface area contributed by atoms with E-state index < -0.39 is 5.60 Å². The second kappa shape index (κ2) is 7.97. The van der Waals surface area contributed by atoms with Crippen LogP contribution in [-0.2, 0) is 0 Å². The van der Waals surface area contributed by atoms with Crippen LogP contribution in [0.1, 0.15) is 32.3 Å². The molecule has 0 aliphatic carbocycles. The summed E-state index contributed by atoms with van der Waals surface area (Å²) < 4.78 is 5.28. The number of para-hydroxylation sites is 1. The second-order valence-electron chi connectivity index (χ2n) is 4.71. The van der Waals surface area contributed by atoms with Gasteiger partial charge in [-0.15, -0.1) is 0 Å². The third-order valence-electron chi connectivity index (χ3n) is 3.47. The van der Waals surface area contributed by atoms with Gasteiger partial charge < -0.3 is 15.2 Å². The minimum absolute atomic E-state index is 0.585. The molecule has 0 aromatic heterocycles. The van der Waals surface area contributed by atoms with Crippen molar-refractivity contribution in [2.24, 2.45) is 0 Å². The van der Waals surface area contributed by atoms with Crippen LogP contribution >= 0.6 is 0 Å². The Balaban J connectivity index is 2.42. The molecular weight excluding hydrogens is 238 g/mol. The first kappa shape index (κ1) is 15.7. The summed E-state index contributed by atoms with van der Waals surface area (Å²) in [6.45, 7) is 5.38. The van der Waals surface area contributed by atoms with Crippen LogP contribution in [0.5, 0.6) is 5.75 Å². The van der Waals surface area contributed by atoms with Gasteiger partial charge in [0, 0.05) is 18.7 Å². The van der Waals surface area contributed by atoms with Crippen molar-refractivity contribution in [3.8, 4) is 5.75 Å². The molecule has 0 atom stereocenters. The van der Waals surface area contributed by atoms with Crippen LogP contribution in [-0.4, -0.2) is 30.9 Å². The van der Waals surface area contributed by atoms with Gasteiger partial charge in [0.05, 0.1) is 12.7 Å². The summed E-state index contributed by atoms with van der Waals surface area (Å²) in [5.74, 6) is 0.873. The van der Waals surface area contributed by atoms with E-state index >= 15 is 0 Å². The number of benzene rings is 1. The SMILES string of the molecule is CCC(O)(CC)CNCC=Cc1ccccc1OC. The molecule has 0 saturated heterocycles. The van der Waals surface area contributed by atoms with Crippen molar-refractivity contribution < 1.29 is 9.84 Å². The van der Waals surface area contributed by atoms with E-state index in [1.165, 1.54) is 0 Å². The summed E-state index contributed by atoms with van der Waals surface area (Å²) in [7, 11) is 1.67. The molecule has 0 bridgehead atoms. The van der Waals surface area contributed by atoms with E-state index in [1.54, 1.807) is 7.11 Å². The smallest absolute Gasteiger partial charge is 0.126 e. The number of hydrogen-bond donors (Lipinski definition) is 2. The number of methoxy groups -OCH3 is 1. The Hall–Kier alpha value is -1.32. The molecule has 106 valence electrons. The van der Waals surface area contributed by atoms with Crippen LogP contribution in [0.2, 0.25) is 0 Å². The fraction of sp³-hybridized carbons (Fsp3) is 0.500. The highest BCUT2D eigenvalue weighted by molar-refractivity contribution is 5.57. The second-order valence-corrected chi connectivity index (χ2v) is 4.71. The number of aliphatic hydroxyl groups is 1. The van der Waals surface area contributed by atoms with Crippen molar-refractivity contribution in [2.75, 3.05) is 20.2 Å². The minimum atomic E-state index is -0.585. The number of hydrogen-bond acceptors (Lipinski definition) is 3. The highest BCUT2D eigenvalue weighted by atomic mass is 16.5. The van der Waals surface area contributed by atoms with E-state index in [9.17, 15) is 5.11 Å². The first-order chi connectivity index (χ1) is 9.15. The van der Waals surface area contributed by atoms with Crippen molar-refractivity contribution in [3.63, 3.8) is 0 Å². The molecule has 3 nitrogen and oxygen atoms in total. The van der Waals surface area contributed by atoms with Gasteiger partial charge in [-0.3, -0.25) is 0 Å². The summed E-state index contributed by atoms with van der Waals surface area (Å²) >= 11 is 0. The van der Waals surface area contributed by atoms with Gasteiger partial charge in [0.25, 0.3) is 0 Å². The zero-order chi connectivity index (χ0) is 14.1. The maximum Gasteiger partial charge on any atom is 0.126 e. The maximum atomic E-state index is 10.1. The molecule has 0 aliphatic heterocycles. The predicted molar refractivity (Wildman–Crippen MR) is 80.4 cm³/mol. The Morgan fingerprint density at radius 3 is 2.58 bits per heavy atom. The molecule has 3 heteroatoms. The Morgan fingerprint density at radius 2 is 1.95 bits per heavy atom. The van der Waals surface area contributed by atoms with Crippen molar-refractivity contribution in [3.05, 3.63) is 35.9 Å². The van der Waals surface area contributed by atoms with E-state index in [2.05, 4.69) is 5.32 Å². The summed E-state index contributed by atoms with van der Waals surface area (Å²) in [5, 5.41) is 13.4. The molecule has 0 radical (unpaired) electrons. The molecule has 0 saturated carbocycles. The summed E-state index contributed by atoms with van der Waals surface area (Å²) in [6.07, 6.45) is 5.62. The van der Waals surface area contributed by atoms with Gasteiger partial charge in [0.1, 0.15) is 5.75 Å². The molecule has 1 aromatic rings. The summed E-state index contributed by atoms with van der Waals surface area (Å²) in [6, 6.07) is 7.91. The van der Waals surface area contributed by atoms with Gasteiger partial charge in [-0.1, -0.05) is 44.2 Å². The average Bonchev–Trinajstić information content (AvgIpc) is 2.47. The van der Waals surface area contributed by atoms with E-state index in [0.29, 0.717) is 6.54 Å². The van der Waals surface area contributed by atoms with Gasteiger partial charge in [-0.25, -0.2) is 0 Å². The topological polar surface area (TPSA) is 41.5 Å². The third kappa shape index (κ3) is 5.05. The molecule has 1 aromatic carbocycles. The average molecular weight is 263 g/mol. The first-order valence-electron chi connectivity index (χ1n) is 6.88. The number of ether oxygens (including phenoxy) is 1. The van der Waals surface area contributed by atoms with Gasteiger partial charge in [0.2, 0.25) is 0 Å². The highest BCUT2D eigenvalue weighted by Gasteiger charge is 2.20. The molecule has 0 amide bonds. The van der Waals surface area contributed by atoms with Crippen molar-refractivity contribution in [1.29, 1.82) is 0 Å². The van der Waals surface area contributed by atoms with Gasteiger partial charge in [-0.05, 0) is 18.9 Å². The van der Waals surface area contributed by atoms with Gasteiger partial charge >= 0.3 is 0 Å². The Labute approximate surface area is 116 Å². The molecule has 1 rings (SSSR count). The lowest BCUT2D eigenvalue weighted by molar-refractivity contribution is 0.0335. The van der Waals surface area contributed by atoms with E-state index in [4.69, 9.17) is 4.74 Å². The normalized spacial score (nSPS) is 12.0. The van der Waals surface area contributed by atoms with Crippen LogP contribution in [0.15, 0.2) is 30.3 Å². The van der Waals surface area contributed by atoms with Crippen molar-refractivity contribution in [1.82, 2.24) is 5.32 Å². The molecule has 0 fully saturated rings. The van der Waals surface area contributed by atoms with E-state index in [1.807, 2.05) is 50.3 Å². The minimum Gasteiger partial charge on any atom is -0.496 e. The predicted octanol–water partition coefficient (Wildman–Crippen LogP) is 2.85. The van der Waals surface area contributed by atoms with E-state index in [0.717, 1.165) is 30.7 Å². The summed E-state index contributed by atoms with van der Waals surface area (Å²) in [4.78, 5) is 0. The Kier molecular flexibility index (Phi) is 6.60. The van der Waals surface area contributed by atoms with Crippen LogP contribution in [0.25, 0.3) is 6.08 Å². The number of nitrogens with one attached hydrogen (secondary N) is 1. The molecule has 2 N–H and O–H groups in total. The van der Waals surface area contributed by atoms with Crippen LogP contribution in [0.4, 0.5) is 0 Å². The van der Waals surface area contributed by atoms with Gasteiger partial charge in [0.15, 0.2) is 0 Å². The van der Waals surface area contributed by atoms with Crippen molar-refractivity contribution in [2.45, 2.75) is 32.3 Å². The Bertz CT molecular complexity index is 397. The maximum absolute atomic E-state index is 10.1. The van der Waals surface area contributed by atoms with Crippen LogP contribution in [0.3, 0.4) is 0 Å². The standard InChI is InChI=1S/C16H25NO2/c1-4-16(18,5-2)13-17-12-8-10-14-9-6-7-11-15(14)19-3/h6-11,17-18H,4-5,12-13H2,1-3H3. The first-order valence-corrected chi connectivity index (χ1v) is 6.88. The highest BCUT2D eigenvalue weighted by Crippen LogP contribution is 2.18. The monoisotopic (exact) mass is 263 g/mol. The molecule has 0 unspecified atom stereocenters. The van der Waals surface area contributed by atoms with E-state index in [-0.39, 0.29) is 0 Å². The lowest BCUT2D eigenvalue weighted by Crippen LogP contribution is -2.39. The van der Waals surface area contributed by atoms with Gasteiger partial charge in [-0.2, -0.15) is 0 Å². The number of rotatable bonds is 8. The van der Waals surface area contributed by atoms with Crippen LogP contribution < -0.4 is 10.1 Å². The fourth-order valence-corrected chi connectivity index (χ4v) is 1.88. The molecule has 0 spiro atoms. The molecule has 0 heterocycles. The molecule has 0 aliphatic rings. The molecular formula is C16H25NO2. The third-order valence-corrected chi connectivity index (χ3v) is 3.47. The quantitative estimate of drug-likeness (QED) is 0.709. The molecule has 19 heavy (non-hydrogen) atoms. The fourth-order valence-electron chi connectivity index (χ4n) is 1.88. The summed E-state index contributed by atoms with van der Waals surface area (Å²) in [5.41, 5.74) is 0.478. The lowest BCUT2D eigenvalue weighted by atomic mass is 9.98.